The molecule has 0 spiro atoms. The average molecular weight is 286 g/mol. The monoisotopic (exact) mass is 286 g/mol. The number of urea groups is 1. The van der Waals surface area contributed by atoms with Gasteiger partial charge in [0.05, 0.1) is 6.20 Å². The van der Waals surface area contributed by atoms with Gasteiger partial charge in [0.15, 0.2) is 0 Å². The lowest BCUT2D eigenvalue weighted by atomic mass is 10.2. The highest BCUT2D eigenvalue weighted by Gasteiger charge is 2.19. The quantitative estimate of drug-likeness (QED) is 0.591. The number of nitrogens with one attached hydrogen (secondary N) is 3. The smallest absolute Gasteiger partial charge is 0.326 e. The Balaban J connectivity index is 2.40. The minimum atomic E-state index is -1.02. The third kappa shape index (κ3) is 5.21. The van der Waals surface area contributed by atoms with E-state index in [4.69, 9.17) is 5.11 Å². The number of nitrogens with zero attached hydrogens (tertiary/aromatic N) is 1. The van der Waals surface area contributed by atoms with Crippen molar-refractivity contribution in [1.82, 2.24) is 20.8 Å². The predicted molar refractivity (Wildman–Crippen MR) is 73.1 cm³/mol. The molecule has 1 heterocycles. The number of rotatable bonds is 7. The summed E-state index contributed by atoms with van der Waals surface area (Å²) in [7, 11) is 0. The van der Waals surface area contributed by atoms with E-state index in [1.54, 1.807) is 18.0 Å². The first kappa shape index (κ1) is 15.4. The van der Waals surface area contributed by atoms with Gasteiger partial charge in [-0.2, -0.15) is 16.9 Å². The van der Waals surface area contributed by atoms with Gasteiger partial charge in [-0.1, -0.05) is 0 Å². The van der Waals surface area contributed by atoms with Crippen molar-refractivity contribution >= 4 is 23.8 Å². The number of aromatic nitrogens is 2. The number of H-pyrrole nitrogens is 1. The van der Waals surface area contributed by atoms with Crippen LogP contribution in [-0.4, -0.2) is 45.4 Å². The number of aryl methyl sites for hydroxylation is 1. The molecule has 1 aromatic rings. The maximum absolute atomic E-state index is 11.6. The number of amides is 2. The van der Waals surface area contributed by atoms with E-state index >= 15 is 0 Å². The summed E-state index contributed by atoms with van der Waals surface area (Å²) in [5, 5.41) is 20.6. The summed E-state index contributed by atoms with van der Waals surface area (Å²) in [5.74, 6) is -0.346. The average Bonchev–Trinajstić information content (AvgIpc) is 2.77. The molecule has 106 valence electrons. The Kier molecular flexibility index (Phi) is 6.20. The maximum atomic E-state index is 11.6. The topological polar surface area (TPSA) is 107 Å². The second-order valence-electron chi connectivity index (χ2n) is 4.02. The van der Waals surface area contributed by atoms with E-state index in [-0.39, 0.29) is 0 Å². The van der Waals surface area contributed by atoms with Crippen molar-refractivity contribution in [1.29, 1.82) is 0 Å². The van der Waals surface area contributed by atoms with E-state index < -0.39 is 18.0 Å². The molecule has 0 fully saturated rings. The van der Waals surface area contributed by atoms with Gasteiger partial charge in [-0.15, -0.1) is 0 Å². The molecular weight excluding hydrogens is 268 g/mol. The van der Waals surface area contributed by atoms with E-state index in [1.165, 1.54) is 0 Å². The Morgan fingerprint density at radius 3 is 2.84 bits per heavy atom. The minimum absolute atomic E-state index is 0.309. The van der Waals surface area contributed by atoms with Crippen molar-refractivity contribution in [2.75, 3.05) is 12.0 Å². The second-order valence-corrected chi connectivity index (χ2v) is 5.01. The number of hydrogen-bond acceptors (Lipinski definition) is 4. The lowest BCUT2D eigenvalue weighted by molar-refractivity contribution is -0.139. The minimum Gasteiger partial charge on any atom is -0.480 e. The molecule has 7 nitrogen and oxygen atoms in total. The molecule has 2 amide bonds. The molecule has 0 bridgehead atoms. The Hall–Kier alpha value is -1.70. The van der Waals surface area contributed by atoms with Crippen molar-refractivity contribution in [2.45, 2.75) is 25.9 Å². The second kappa shape index (κ2) is 7.67. The van der Waals surface area contributed by atoms with Gasteiger partial charge >= 0.3 is 12.0 Å². The fourth-order valence-corrected chi connectivity index (χ4v) is 1.90. The molecule has 1 rings (SSSR count). The molecule has 0 saturated heterocycles. The molecule has 0 saturated carbocycles. The standard InChI is InChI=1S/C11H18N4O3S/c1-7-8(6-13-15-7)5-12-11(18)14-9(10(16)17)3-4-19-2/h6,9H,3-5H2,1-2H3,(H,13,15)(H,16,17)(H2,12,14,18)/t9-/m0/s1. The molecule has 0 aliphatic carbocycles. The number of carboxylic acid groups (broad SMARTS) is 1. The Labute approximate surface area is 115 Å². The third-order valence-electron chi connectivity index (χ3n) is 2.59. The highest BCUT2D eigenvalue weighted by molar-refractivity contribution is 7.98. The van der Waals surface area contributed by atoms with Crippen LogP contribution in [0.2, 0.25) is 0 Å². The van der Waals surface area contributed by atoms with Crippen LogP contribution in [0.15, 0.2) is 6.20 Å². The first-order valence-corrected chi connectivity index (χ1v) is 7.19. The summed E-state index contributed by atoms with van der Waals surface area (Å²) < 4.78 is 0. The van der Waals surface area contributed by atoms with Crippen molar-refractivity contribution < 1.29 is 14.7 Å². The van der Waals surface area contributed by atoms with Crippen LogP contribution in [0.25, 0.3) is 0 Å². The van der Waals surface area contributed by atoms with Crippen molar-refractivity contribution in [2.24, 2.45) is 0 Å². The fourth-order valence-electron chi connectivity index (χ4n) is 1.43. The summed E-state index contributed by atoms with van der Waals surface area (Å²) in [6.45, 7) is 2.16. The largest absolute Gasteiger partial charge is 0.480 e. The normalized spacial score (nSPS) is 11.9. The number of carboxylic acids is 1. The molecule has 1 aromatic heterocycles. The number of thioether (sulfide) groups is 1. The number of aromatic amines is 1. The van der Waals surface area contributed by atoms with E-state index in [0.717, 1.165) is 11.3 Å². The third-order valence-corrected chi connectivity index (χ3v) is 3.23. The maximum Gasteiger partial charge on any atom is 0.326 e. The number of aliphatic carboxylic acids is 1. The van der Waals surface area contributed by atoms with E-state index in [1.807, 2.05) is 13.2 Å². The molecule has 0 radical (unpaired) electrons. The van der Waals surface area contributed by atoms with E-state index in [2.05, 4.69) is 20.8 Å². The van der Waals surface area contributed by atoms with Gasteiger partial charge in [-0.3, -0.25) is 5.10 Å². The van der Waals surface area contributed by atoms with E-state index in [9.17, 15) is 9.59 Å². The van der Waals surface area contributed by atoms with E-state index in [0.29, 0.717) is 18.7 Å². The van der Waals surface area contributed by atoms with Gasteiger partial charge in [-0.25, -0.2) is 9.59 Å². The van der Waals surface area contributed by atoms with Gasteiger partial charge in [-0.05, 0) is 25.4 Å². The zero-order chi connectivity index (χ0) is 14.3. The van der Waals surface area contributed by atoms with Gasteiger partial charge in [0.1, 0.15) is 6.04 Å². The number of carbonyl (C=O) groups excluding carboxylic acids is 1. The van der Waals surface area contributed by atoms with Gasteiger partial charge in [0.2, 0.25) is 0 Å². The molecule has 0 aliphatic rings. The van der Waals surface area contributed by atoms with Crippen molar-refractivity contribution in [3.63, 3.8) is 0 Å². The highest BCUT2D eigenvalue weighted by atomic mass is 32.2. The van der Waals surface area contributed by atoms with Crippen molar-refractivity contribution in [3.05, 3.63) is 17.5 Å². The van der Waals surface area contributed by atoms with Crippen LogP contribution in [0.4, 0.5) is 4.79 Å². The SMILES string of the molecule is CSCC[C@H](NC(=O)NCc1cn[nH]c1C)C(=O)O. The van der Waals surface area contributed by atoms with Crippen molar-refractivity contribution in [3.8, 4) is 0 Å². The van der Waals surface area contributed by atoms with Gasteiger partial charge in [0.25, 0.3) is 0 Å². The number of carbonyl (C=O) groups is 2. The fraction of sp³-hybridized carbons (Fsp3) is 0.545. The Morgan fingerprint density at radius 1 is 1.58 bits per heavy atom. The predicted octanol–water partition coefficient (Wildman–Crippen LogP) is 0.724. The van der Waals surface area contributed by atoms with Gasteiger partial charge < -0.3 is 15.7 Å². The molecule has 0 unspecified atom stereocenters. The number of hydrogen-bond donors (Lipinski definition) is 4. The lowest BCUT2D eigenvalue weighted by Gasteiger charge is -2.14. The molecular formula is C11H18N4O3S. The molecule has 1 atom stereocenters. The van der Waals surface area contributed by atoms with Crippen LogP contribution in [0.1, 0.15) is 17.7 Å². The molecule has 19 heavy (non-hydrogen) atoms. The van der Waals surface area contributed by atoms with Crippen LogP contribution in [0.5, 0.6) is 0 Å². The Morgan fingerprint density at radius 2 is 2.32 bits per heavy atom. The van der Waals surface area contributed by atoms with Crippen LogP contribution in [-0.2, 0) is 11.3 Å². The molecule has 4 N–H and O–H groups in total. The summed E-state index contributed by atoms with van der Waals surface area (Å²) in [5.41, 5.74) is 1.74. The molecule has 0 aromatic carbocycles. The summed E-state index contributed by atoms with van der Waals surface area (Å²) in [6.07, 6.45) is 3.91. The summed E-state index contributed by atoms with van der Waals surface area (Å²) in [4.78, 5) is 22.6. The molecule has 8 heteroatoms. The van der Waals surface area contributed by atoms with Gasteiger partial charge in [0, 0.05) is 17.8 Å². The zero-order valence-corrected chi connectivity index (χ0v) is 11.7. The first-order chi connectivity index (χ1) is 9.04. The lowest BCUT2D eigenvalue weighted by Crippen LogP contribution is -2.46. The zero-order valence-electron chi connectivity index (χ0n) is 10.9. The van der Waals surface area contributed by atoms with Crippen LogP contribution < -0.4 is 10.6 Å². The van der Waals surface area contributed by atoms with Crippen LogP contribution >= 0.6 is 11.8 Å². The van der Waals surface area contributed by atoms with Crippen LogP contribution in [0.3, 0.4) is 0 Å². The first-order valence-electron chi connectivity index (χ1n) is 5.79. The summed E-state index contributed by atoms with van der Waals surface area (Å²) in [6, 6.07) is -1.35. The summed E-state index contributed by atoms with van der Waals surface area (Å²) >= 11 is 1.54. The van der Waals surface area contributed by atoms with Crippen LogP contribution in [0, 0.1) is 6.92 Å². The Bertz CT molecular complexity index is 435. The molecule has 0 aliphatic heterocycles. The highest BCUT2D eigenvalue weighted by Crippen LogP contribution is 2.02.